The van der Waals surface area contributed by atoms with E-state index in [1.54, 1.807) is 0 Å². The molecule has 1 aromatic carbocycles. The molecule has 0 aliphatic carbocycles. The number of benzene rings is 1. The highest BCUT2D eigenvalue weighted by atomic mass is 35.5. The minimum atomic E-state index is -0.845. The van der Waals surface area contributed by atoms with Crippen LogP contribution in [-0.4, -0.2) is 0 Å². The summed E-state index contributed by atoms with van der Waals surface area (Å²) in [6, 6.07) is 3.58. The largest absolute Gasteiger partial charge is 0.323 e. The molecule has 0 unspecified atom stereocenters. The van der Waals surface area contributed by atoms with Gasteiger partial charge in [-0.2, -0.15) is 0 Å². The molecule has 0 spiro atoms. The zero-order chi connectivity index (χ0) is 10.9. The fourth-order valence-electron chi connectivity index (χ4n) is 1.23. The van der Waals surface area contributed by atoms with E-state index in [9.17, 15) is 8.78 Å². The van der Waals surface area contributed by atoms with Crippen LogP contribution >= 0.6 is 12.4 Å². The van der Waals surface area contributed by atoms with Crippen molar-refractivity contribution in [2.24, 2.45) is 11.1 Å². The Morgan fingerprint density at radius 2 is 1.73 bits per heavy atom. The standard InChI is InChI=1S/C11H15F2N.ClH/c1-11(2,3)10(14)7-5-4-6-8(12)9(7)13;/h4-6,10H,14H2,1-3H3;1H/t10-;/m0./s1. The Balaban J connectivity index is 0.00000196. The Morgan fingerprint density at radius 3 is 2.20 bits per heavy atom. The first kappa shape index (κ1) is 14.3. The molecule has 1 atom stereocenters. The molecule has 0 bridgehead atoms. The van der Waals surface area contributed by atoms with Crippen LogP contribution in [-0.2, 0) is 0 Å². The van der Waals surface area contributed by atoms with Crippen LogP contribution in [0.15, 0.2) is 18.2 Å². The maximum Gasteiger partial charge on any atom is 0.163 e. The molecule has 1 aromatic rings. The second-order valence-corrected chi connectivity index (χ2v) is 4.49. The number of hydrogen-bond acceptors (Lipinski definition) is 1. The number of hydrogen-bond donors (Lipinski definition) is 1. The van der Waals surface area contributed by atoms with E-state index in [1.165, 1.54) is 12.1 Å². The van der Waals surface area contributed by atoms with Crippen LogP contribution in [0.5, 0.6) is 0 Å². The summed E-state index contributed by atoms with van der Waals surface area (Å²) >= 11 is 0. The Morgan fingerprint density at radius 1 is 1.20 bits per heavy atom. The fourth-order valence-corrected chi connectivity index (χ4v) is 1.23. The van der Waals surface area contributed by atoms with E-state index in [-0.39, 0.29) is 23.4 Å². The molecule has 0 saturated heterocycles. The maximum absolute atomic E-state index is 13.3. The average Bonchev–Trinajstić information content (AvgIpc) is 2.07. The first-order valence-corrected chi connectivity index (χ1v) is 4.53. The minimum Gasteiger partial charge on any atom is -0.323 e. The predicted molar refractivity (Wildman–Crippen MR) is 60.0 cm³/mol. The Kier molecular flexibility index (Phi) is 4.68. The summed E-state index contributed by atoms with van der Waals surface area (Å²) in [7, 11) is 0. The third-order valence-corrected chi connectivity index (χ3v) is 2.25. The zero-order valence-corrected chi connectivity index (χ0v) is 9.87. The molecule has 0 aromatic heterocycles. The molecule has 0 radical (unpaired) electrons. The molecule has 0 aliphatic rings. The van der Waals surface area contributed by atoms with Crippen molar-refractivity contribution >= 4 is 12.4 Å². The van der Waals surface area contributed by atoms with Gasteiger partial charge < -0.3 is 5.73 Å². The normalized spacial score (nSPS) is 13.2. The third kappa shape index (κ3) is 3.14. The van der Waals surface area contributed by atoms with Gasteiger partial charge in [-0.05, 0) is 11.5 Å². The Bertz CT molecular complexity index is 334. The van der Waals surface area contributed by atoms with Crippen molar-refractivity contribution in [3.63, 3.8) is 0 Å². The summed E-state index contributed by atoms with van der Waals surface area (Å²) in [4.78, 5) is 0. The second-order valence-electron chi connectivity index (χ2n) is 4.49. The predicted octanol–water partition coefficient (Wildman–Crippen LogP) is 3.43. The van der Waals surface area contributed by atoms with Crippen molar-refractivity contribution in [1.82, 2.24) is 0 Å². The minimum absolute atomic E-state index is 0. The summed E-state index contributed by atoms with van der Waals surface area (Å²) in [5, 5.41) is 0. The van der Waals surface area contributed by atoms with Gasteiger partial charge in [-0.25, -0.2) is 8.78 Å². The Labute approximate surface area is 95.1 Å². The van der Waals surface area contributed by atoms with Crippen molar-refractivity contribution in [2.45, 2.75) is 26.8 Å². The summed E-state index contributed by atoms with van der Waals surface area (Å²) < 4.78 is 26.2. The van der Waals surface area contributed by atoms with Crippen LogP contribution < -0.4 is 5.73 Å². The van der Waals surface area contributed by atoms with E-state index >= 15 is 0 Å². The summed E-state index contributed by atoms with van der Waals surface area (Å²) in [5.41, 5.74) is 5.79. The molecule has 1 nitrogen and oxygen atoms in total. The van der Waals surface area contributed by atoms with Gasteiger partial charge in [0.05, 0.1) is 0 Å². The van der Waals surface area contributed by atoms with Crippen LogP contribution in [0.1, 0.15) is 32.4 Å². The molecule has 15 heavy (non-hydrogen) atoms. The molecule has 86 valence electrons. The van der Waals surface area contributed by atoms with Gasteiger partial charge in [0, 0.05) is 11.6 Å². The molecule has 2 N–H and O–H groups in total. The van der Waals surface area contributed by atoms with Gasteiger partial charge in [0.15, 0.2) is 11.6 Å². The van der Waals surface area contributed by atoms with Crippen molar-refractivity contribution in [1.29, 1.82) is 0 Å². The van der Waals surface area contributed by atoms with Gasteiger partial charge in [0.2, 0.25) is 0 Å². The molecule has 0 amide bonds. The quantitative estimate of drug-likeness (QED) is 0.793. The lowest BCUT2D eigenvalue weighted by atomic mass is 9.83. The van der Waals surface area contributed by atoms with Crippen LogP contribution in [0.2, 0.25) is 0 Å². The number of nitrogens with two attached hydrogens (primary N) is 1. The molecule has 4 heteroatoms. The van der Waals surface area contributed by atoms with E-state index in [1.807, 2.05) is 20.8 Å². The van der Waals surface area contributed by atoms with Gasteiger partial charge in [-0.3, -0.25) is 0 Å². The molecule has 0 aliphatic heterocycles. The monoisotopic (exact) mass is 235 g/mol. The molecule has 1 rings (SSSR count). The summed E-state index contributed by atoms with van der Waals surface area (Å²) in [6.07, 6.45) is 0. The van der Waals surface area contributed by atoms with Crippen molar-refractivity contribution in [3.8, 4) is 0 Å². The molecule has 0 heterocycles. The maximum atomic E-state index is 13.3. The third-order valence-electron chi connectivity index (χ3n) is 2.25. The first-order chi connectivity index (χ1) is 6.34. The summed E-state index contributed by atoms with van der Waals surface area (Å²) in [5.74, 6) is -1.68. The van der Waals surface area contributed by atoms with Gasteiger partial charge in [0.25, 0.3) is 0 Å². The van der Waals surface area contributed by atoms with Crippen molar-refractivity contribution in [2.75, 3.05) is 0 Å². The highest BCUT2D eigenvalue weighted by Crippen LogP contribution is 2.32. The lowest BCUT2D eigenvalue weighted by molar-refractivity contribution is 0.316. The van der Waals surface area contributed by atoms with Gasteiger partial charge >= 0.3 is 0 Å². The Hall–Kier alpha value is -0.670. The zero-order valence-electron chi connectivity index (χ0n) is 9.05. The second kappa shape index (κ2) is 4.90. The SMILES string of the molecule is CC(C)(C)[C@@H](N)c1cccc(F)c1F.Cl. The van der Waals surface area contributed by atoms with Gasteiger partial charge in [-0.15, -0.1) is 12.4 Å². The molecule has 0 saturated carbocycles. The van der Waals surface area contributed by atoms with Crippen LogP contribution in [0.25, 0.3) is 0 Å². The smallest absolute Gasteiger partial charge is 0.163 e. The van der Waals surface area contributed by atoms with Crippen molar-refractivity contribution in [3.05, 3.63) is 35.4 Å². The summed E-state index contributed by atoms with van der Waals surface area (Å²) in [6.45, 7) is 5.67. The topological polar surface area (TPSA) is 26.0 Å². The van der Waals surface area contributed by atoms with Crippen molar-refractivity contribution < 1.29 is 8.78 Å². The van der Waals surface area contributed by atoms with E-state index in [2.05, 4.69) is 0 Å². The number of halogens is 3. The lowest BCUT2D eigenvalue weighted by Gasteiger charge is -2.27. The lowest BCUT2D eigenvalue weighted by Crippen LogP contribution is -2.27. The molecular weight excluding hydrogens is 220 g/mol. The number of rotatable bonds is 1. The van der Waals surface area contributed by atoms with Crippen LogP contribution in [0.3, 0.4) is 0 Å². The average molecular weight is 236 g/mol. The van der Waals surface area contributed by atoms with E-state index in [4.69, 9.17) is 5.73 Å². The van der Waals surface area contributed by atoms with Gasteiger partial charge in [-0.1, -0.05) is 32.9 Å². The first-order valence-electron chi connectivity index (χ1n) is 4.53. The van der Waals surface area contributed by atoms with E-state index < -0.39 is 17.7 Å². The van der Waals surface area contributed by atoms with E-state index in [0.29, 0.717) is 0 Å². The molecule has 0 fully saturated rings. The molecular formula is C11H16ClF2N. The van der Waals surface area contributed by atoms with Crippen LogP contribution in [0, 0.1) is 17.0 Å². The van der Waals surface area contributed by atoms with Gasteiger partial charge in [0.1, 0.15) is 0 Å². The fraction of sp³-hybridized carbons (Fsp3) is 0.455. The highest BCUT2D eigenvalue weighted by Gasteiger charge is 2.25. The van der Waals surface area contributed by atoms with E-state index in [0.717, 1.165) is 6.07 Å². The highest BCUT2D eigenvalue weighted by molar-refractivity contribution is 5.85. The van der Waals surface area contributed by atoms with Crippen LogP contribution in [0.4, 0.5) is 8.78 Å².